The maximum absolute atomic E-state index is 11.7. The molecule has 76 valence electrons. The Morgan fingerprint density at radius 3 is 2.53 bits per heavy atom. The van der Waals surface area contributed by atoms with E-state index in [1.165, 1.54) is 13.0 Å². The van der Waals surface area contributed by atoms with Gasteiger partial charge in [0.1, 0.15) is 17.4 Å². The van der Waals surface area contributed by atoms with Crippen molar-refractivity contribution >= 4 is 17.4 Å². The van der Waals surface area contributed by atoms with Crippen molar-refractivity contribution in [2.45, 2.75) is 6.92 Å². The molecule has 0 atom stereocenters. The number of carbonyl (C=O) groups excluding carboxylic acids is 1. The summed E-state index contributed by atoms with van der Waals surface area (Å²) in [6.07, 6.45) is 0. The van der Waals surface area contributed by atoms with E-state index < -0.39 is 5.78 Å². The minimum absolute atomic E-state index is 0.212. The van der Waals surface area contributed by atoms with Crippen molar-refractivity contribution in [1.29, 1.82) is 5.26 Å². The first-order chi connectivity index (χ1) is 7.07. The molecule has 4 heteroatoms. The lowest BCUT2D eigenvalue weighted by molar-refractivity contribution is 0.103. The molecule has 0 aliphatic rings. The van der Waals surface area contributed by atoms with Crippen LogP contribution in [0.5, 0.6) is 0 Å². The summed E-state index contributed by atoms with van der Waals surface area (Å²) in [5.41, 5.74) is -0.0767. The number of nitriles is 1. The van der Waals surface area contributed by atoms with Crippen LogP contribution in [0.15, 0.2) is 35.6 Å². The summed E-state index contributed by atoms with van der Waals surface area (Å²) in [5, 5.41) is 18.1. The smallest absolute Gasteiger partial charge is 0.208 e. The Morgan fingerprint density at radius 2 is 2.07 bits per heavy atom. The summed E-state index contributed by atoms with van der Waals surface area (Å²) in [4.78, 5) is 11.7. The third kappa shape index (κ3) is 2.36. The maximum atomic E-state index is 11.7. The molecule has 0 radical (unpaired) electrons. The molecule has 15 heavy (non-hydrogen) atoms. The molecule has 3 nitrogen and oxygen atoms in total. The SMILES string of the molecule is CC(O)=C(C#N)C(=O)c1ccccc1Cl. The van der Waals surface area contributed by atoms with E-state index in [2.05, 4.69) is 0 Å². The minimum Gasteiger partial charge on any atom is -0.511 e. The summed E-state index contributed by atoms with van der Waals surface area (Å²) in [5.74, 6) is -0.870. The van der Waals surface area contributed by atoms with Crippen molar-refractivity contribution in [3.63, 3.8) is 0 Å². The van der Waals surface area contributed by atoms with Crippen molar-refractivity contribution in [2.24, 2.45) is 0 Å². The number of nitrogens with zero attached hydrogens (tertiary/aromatic N) is 1. The number of carbonyl (C=O) groups is 1. The molecular formula is C11H8ClNO2. The normalized spacial score (nSPS) is 11.5. The standard InChI is InChI=1S/C11H8ClNO2/c1-7(14)9(6-13)11(15)8-4-2-3-5-10(8)12/h2-5,14H,1H3. The van der Waals surface area contributed by atoms with E-state index in [9.17, 15) is 4.79 Å². The van der Waals surface area contributed by atoms with Gasteiger partial charge >= 0.3 is 0 Å². The van der Waals surface area contributed by atoms with Gasteiger partial charge in [-0.2, -0.15) is 5.26 Å². The van der Waals surface area contributed by atoms with Gasteiger partial charge < -0.3 is 5.11 Å². The second-order valence-corrected chi connectivity index (χ2v) is 3.29. The van der Waals surface area contributed by atoms with Crippen LogP contribution in [0, 0.1) is 11.3 Å². The summed E-state index contributed by atoms with van der Waals surface area (Å²) >= 11 is 5.79. The predicted molar refractivity (Wildman–Crippen MR) is 56.7 cm³/mol. The first-order valence-electron chi connectivity index (χ1n) is 4.17. The van der Waals surface area contributed by atoms with E-state index >= 15 is 0 Å². The Bertz CT molecular complexity index is 468. The van der Waals surface area contributed by atoms with Crippen LogP contribution in [0.3, 0.4) is 0 Å². The molecule has 0 saturated heterocycles. The molecule has 0 aromatic heterocycles. The number of Topliss-reactive ketones (excluding diaryl/α,β-unsaturated/α-hetero) is 1. The molecular weight excluding hydrogens is 214 g/mol. The van der Waals surface area contributed by atoms with Crippen molar-refractivity contribution in [2.75, 3.05) is 0 Å². The molecule has 0 aliphatic carbocycles. The zero-order valence-corrected chi connectivity index (χ0v) is 8.75. The van der Waals surface area contributed by atoms with Gasteiger partial charge in [-0.25, -0.2) is 0 Å². The highest BCUT2D eigenvalue weighted by atomic mass is 35.5. The Morgan fingerprint density at radius 1 is 1.47 bits per heavy atom. The highest BCUT2D eigenvalue weighted by molar-refractivity contribution is 6.35. The van der Waals surface area contributed by atoms with E-state index in [0.29, 0.717) is 0 Å². The molecule has 0 bridgehead atoms. The molecule has 1 aromatic rings. The van der Waals surface area contributed by atoms with Crippen LogP contribution in [0.25, 0.3) is 0 Å². The van der Waals surface area contributed by atoms with Gasteiger partial charge in [-0.15, -0.1) is 0 Å². The zero-order chi connectivity index (χ0) is 11.4. The summed E-state index contributed by atoms with van der Waals surface area (Å²) in [6.45, 7) is 1.29. The van der Waals surface area contributed by atoms with E-state index in [4.69, 9.17) is 22.0 Å². The Balaban J connectivity index is 3.23. The van der Waals surface area contributed by atoms with Crippen molar-refractivity contribution in [3.05, 3.63) is 46.2 Å². The van der Waals surface area contributed by atoms with E-state index in [0.717, 1.165) is 0 Å². The Labute approximate surface area is 92.2 Å². The number of halogens is 1. The molecule has 0 unspecified atom stereocenters. The number of allylic oxidation sites excluding steroid dienone is 2. The van der Waals surface area contributed by atoms with Crippen molar-refractivity contribution in [3.8, 4) is 6.07 Å². The zero-order valence-electron chi connectivity index (χ0n) is 7.99. The van der Waals surface area contributed by atoms with E-state index in [-0.39, 0.29) is 21.9 Å². The van der Waals surface area contributed by atoms with Crippen LogP contribution in [-0.2, 0) is 0 Å². The Kier molecular flexibility index (Phi) is 3.48. The lowest BCUT2D eigenvalue weighted by Gasteiger charge is -2.02. The molecule has 0 heterocycles. The average molecular weight is 222 g/mol. The Hall–Kier alpha value is -1.79. The van der Waals surface area contributed by atoms with Crippen molar-refractivity contribution in [1.82, 2.24) is 0 Å². The highest BCUT2D eigenvalue weighted by Gasteiger charge is 2.17. The second kappa shape index (κ2) is 4.63. The monoisotopic (exact) mass is 221 g/mol. The molecule has 0 aliphatic heterocycles. The fourth-order valence-electron chi connectivity index (χ4n) is 1.08. The van der Waals surface area contributed by atoms with Gasteiger partial charge in [-0.3, -0.25) is 4.79 Å². The molecule has 0 amide bonds. The fourth-order valence-corrected chi connectivity index (χ4v) is 1.30. The number of hydrogen-bond donors (Lipinski definition) is 1. The fraction of sp³-hybridized carbons (Fsp3) is 0.0909. The number of benzene rings is 1. The van der Waals surface area contributed by atoms with Crippen LogP contribution in [0.2, 0.25) is 5.02 Å². The first-order valence-corrected chi connectivity index (χ1v) is 4.55. The molecule has 0 fully saturated rings. The first kappa shape index (κ1) is 11.3. The summed E-state index contributed by atoms with van der Waals surface area (Å²) < 4.78 is 0. The van der Waals surface area contributed by atoms with Gasteiger partial charge in [-0.05, 0) is 19.1 Å². The van der Waals surface area contributed by atoms with Gasteiger partial charge in [0, 0.05) is 5.56 Å². The van der Waals surface area contributed by atoms with Crippen molar-refractivity contribution < 1.29 is 9.90 Å². The number of rotatable bonds is 2. The van der Waals surface area contributed by atoms with Gasteiger partial charge in [0.25, 0.3) is 0 Å². The van der Waals surface area contributed by atoms with Gasteiger partial charge in [0.2, 0.25) is 5.78 Å². The van der Waals surface area contributed by atoms with E-state index in [1.54, 1.807) is 24.3 Å². The van der Waals surface area contributed by atoms with Gasteiger partial charge in [-0.1, -0.05) is 23.7 Å². The third-order valence-electron chi connectivity index (χ3n) is 1.82. The predicted octanol–water partition coefficient (Wildman–Crippen LogP) is 2.88. The van der Waals surface area contributed by atoms with Gasteiger partial charge in [0.05, 0.1) is 5.02 Å². The lowest BCUT2D eigenvalue weighted by atomic mass is 10.0. The molecule has 0 spiro atoms. The quantitative estimate of drug-likeness (QED) is 0.362. The number of ketones is 1. The molecule has 1 N–H and O–H groups in total. The van der Waals surface area contributed by atoms with E-state index in [1.807, 2.05) is 0 Å². The van der Waals surface area contributed by atoms with Gasteiger partial charge in [0.15, 0.2) is 0 Å². The number of aliphatic hydroxyl groups excluding tert-OH is 1. The van der Waals surface area contributed by atoms with Crippen LogP contribution in [-0.4, -0.2) is 10.9 Å². The number of aliphatic hydroxyl groups is 1. The van der Waals surface area contributed by atoms with Crippen LogP contribution in [0.4, 0.5) is 0 Å². The highest BCUT2D eigenvalue weighted by Crippen LogP contribution is 2.19. The summed E-state index contributed by atoms with van der Waals surface area (Å²) in [6, 6.07) is 8.03. The van der Waals surface area contributed by atoms with Crippen LogP contribution < -0.4 is 0 Å². The largest absolute Gasteiger partial charge is 0.511 e. The maximum Gasteiger partial charge on any atom is 0.208 e. The molecule has 0 saturated carbocycles. The minimum atomic E-state index is -0.567. The molecule has 1 aromatic carbocycles. The second-order valence-electron chi connectivity index (χ2n) is 2.88. The third-order valence-corrected chi connectivity index (χ3v) is 2.15. The topological polar surface area (TPSA) is 61.1 Å². The van der Waals surface area contributed by atoms with Crippen LogP contribution in [0.1, 0.15) is 17.3 Å². The lowest BCUT2D eigenvalue weighted by Crippen LogP contribution is -2.04. The van der Waals surface area contributed by atoms with Crippen LogP contribution >= 0.6 is 11.6 Å². The average Bonchev–Trinajstić information content (AvgIpc) is 2.18. The molecule has 1 rings (SSSR count). The summed E-state index contributed by atoms with van der Waals surface area (Å²) in [7, 11) is 0. The number of hydrogen-bond acceptors (Lipinski definition) is 3.